The van der Waals surface area contributed by atoms with Crippen molar-refractivity contribution in [2.45, 2.75) is 20.3 Å². The number of carbonyl (C=O) groups is 1. The summed E-state index contributed by atoms with van der Waals surface area (Å²) in [6.07, 6.45) is 0.324. The molecule has 0 aliphatic heterocycles. The highest BCUT2D eigenvalue weighted by Crippen LogP contribution is 2.15. The van der Waals surface area contributed by atoms with E-state index >= 15 is 0 Å². The molecule has 2 rings (SSSR count). The maximum Gasteiger partial charge on any atom is 0.224 e. The molecule has 0 atom stereocenters. The second-order valence-corrected chi connectivity index (χ2v) is 5.76. The highest BCUT2D eigenvalue weighted by molar-refractivity contribution is 6.30. The predicted octanol–water partition coefficient (Wildman–Crippen LogP) is 3.69. The number of ether oxygens (including phenoxy) is 1. The summed E-state index contributed by atoms with van der Waals surface area (Å²) < 4.78 is 5.65. The van der Waals surface area contributed by atoms with Crippen LogP contribution in [0.3, 0.4) is 0 Å². The van der Waals surface area contributed by atoms with Crippen LogP contribution in [-0.4, -0.2) is 19.1 Å². The number of benzene rings is 2. The van der Waals surface area contributed by atoms with Gasteiger partial charge in [-0.05, 0) is 54.8 Å². The highest BCUT2D eigenvalue weighted by Gasteiger charge is 2.03. The monoisotopic (exact) mass is 317 g/mol. The van der Waals surface area contributed by atoms with Crippen molar-refractivity contribution >= 4 is 17.5 Å². The third-order valence-corrected chi connectivity index (χ3v) is 3.38. The Morgan fingerprint density at radius 3 is 2.55 bits per heavy atom. The van der Waals surface area contributed by atoms with E-state index in [1.807, 2.05) is 38.1 Å². The lowest BCUT2D eigenvalue weighted by Gasteiger charge is -2.09. The van der Waals surface area contributed by atoms with Crippen LogP contribution < -0.4 is 10.1 Å². The fourth-order valence-corrected chi connectivity index (χ4v) is 2.48. The van der Waals surface area contributed by atoms with E-state index in [9.17, 15) is 4.79 Å². The number of halogens is 1. The van der Waals surface area contributed by atoms with Crippen LogP contribution in [0.4, 0.5) is 0 Å². The quantitative estimate of drug-likeness (QED) is 0.825. The van der Waals surface area contributed by atoms with Crippen LogP contribution in [-0.2, 0) is 11.2 Å². The molecule has 2 aromatic carbocycles. The number of rotatable bonds is 6. The first-order valence-corrected chi connectivity index (χ1v) is 7.63. The van der Waals surface area contributed by atoms with Crippen LogP contribution >= 0.6 is 11.6 Å². The summed E-state index contributed by atoms with van der Waals surface area (Å²) >= 11 is 5.90. The minimum absolute atomic E-state index is 0.0358. The number of carbonyl (C=O) groups excluding carboxylic acids is 1. The van der Waals surface area contributed by atoms with Gasteiger partial charge in [-0.2, -0.15) is 0 Å². The Hall–Kier alpha value is -2.00. The molecule has 1 N–H and O–H groups in total. The van der Waals surface area contributed by atoms with E-state index in [1.54, 1.807) is 12.1 Å². The molecule has 0 aromatic heterocycles. The molecule has 0 bridgehead atoms. The lowest BCUT2D eigenvalue weighted by Crippen LogP contribution is -2.29. The van der Waals surface area contributed by atoms with Gasteiger partial charge in [-0.15, -0.1) is 0 Å². The van der Waals surface area contributed by atoms with Crippen LogP contribution in [0.5, 0.6) is 5.75 Å². The first-order valence-electron chi connectivity index (χ1n) is 7.25. The zero-order chi connectivity index (χ0) is 15.9. The van der Waals surface area contributed by atoms with Crippen LogP contribution in [0, 0.1) is 13.8 Å². The van der Waals surface area contributed by atoms with Crippen molar-refractivity contribution in [2.24, 2.45) is 0 Å². The molecular weight excluding hydrogens is 298 g/mol. The largest absolute Gasteiger partial charge is 0.492 e. The van der Waals surface area contributed by atoms with Crippen LogP contribution in [0.25, 0.3) is 0 Å². The van der Waals surface area contributed by atoms with E-state index in [2.05, 4.69) is 11.4 Å². The fourth-order valence-electron chi connectivity index (χ4n) is 2.27. The first-order chi connectivity index (χ1) is 10.5. The summed E-state index contributed by atoms with van der Waals surface area (Å²) in [6, 6.07) is 13.4. The van der Waals surface area contributed by atoms with E-state index in [0.29, 0.717) is 24.6 Å². The smallest absolute Gasteiger partial charge is 0.224 e. The van der Waals surface area contributed by atoms with Gasteiger partial charge in [0.1, 0.15) is 12.4 Å². The summed E-state index contributed by atoms with van der Waals surface area (Å²) in [6.45, 7) is 5.00. The molecule has 0 aliphatic rings. The molecule has 4 heteroatoms. The summed E-state index contributed by atoms with van der Waals surface area (Å²) in [5.41, 5.74) is 3.24. The van der Waals surface area contributed by atoms with Gasteiger partial charge in [-0.1, -0.05) is 29.8 Å². The van der Waals surface area contributed by atoms with Gasteiger partial charge in [0.2, 0.25) is 5.91 Å². The maximum atomic E-state index is 11.8. The van der Waals surface area contributed by atoms with Gasteiger partial charge in [0.25, 0.3) is 0 Å². The van der Waals surface area contributed by atoms with Crippen molar-refractivity contribution in [1.29, 1.82) is 0 Å². The lowest BCUT2D eigenvalue weighted by atomic mass is 10.1. The number of hydrogen-bond acceptors (Lipinski definition) is 2. The molecule has 2 aromatic rings. The summed E-state index contributed by atoms with van der Waals surface area (Å²) in [4.78, 5) is 11.8. The second-order valence-electron chi connectivity index (χ2n) is 5.33. The number of nitrogens with one attached hydrogen (secondary N) is 1. The molecule has 0 spiro atoms. The molecular formula is C18H20ClNO2. The molecule has 3 nitrogen and oxygen atoms in total. The normalized spacial score (nSPS) is 10.3. The van der Waals surface area contributed by atoms with E-state index in [0.717, 1.165) is 11.3 Å². The van der Waals surface area contributed by atoms with E-state index < -0.39 is 0 Å². The van der Waals surface area contributed by atoms with Crippen molar-refractivity contribution in [1.82, 2.24) is 5.32 Å². The van der Waals surface area contributed by atoms with Gasteiger partial charge in [-0.25, -0.2) is 0 Å². The van der Waals surface area contributed by atoms with E-state index in [-0.39, 0.29) is 5.91 Å². The summed E-state index contributed by atoms with van der Waals surface area (Å²) in [5.74, 6) is 0.799. The molecule has 0 aliphatic carbocycles. The van der Waals surface area contributed by atoms with Gasteiger partial charge < -0.3 is 10.1 Å². The van der Waals surface area contributed by atoms with Gasteiger partial charge in [-0.3, -0.25) is 4.79 Å². The molecule has 0 saturated carbocycles. The summed E-state index contributed by atoms with van der Waals surface area (Å²) in [7, 11) is 0. The van der Waals surface area contributed by atoms with Gasteiger partial charge in [0, 0.05) is 5.02 Å². The Kier molecular flexibility index (Phi) is 5.84. The van der Waals surface area contributed by atoms with Crippen molar-refractivity contribution in [3.63, 3.8) is 0 Å². The van der Waals surface area contributed by atoms with Crippen molar-refractivity contribution in [2.75, 3.05) is 13.2 Å². The molecule has 1 amide bonds. The Balaban J connectivity index is 1.73. The average molecular weight is 318 g/mol. The van der Waals surface area contributed by atoms with Crippen molar-refractivity contribution in [3.8, 4) is 5.75 Å². The van der Waals surface area contributed by atoms with E-state index in [1.165, 1.54) is 11.1 Å². The second kappa shape index (κ2) is 7.85. The topological polar surface area (TPSA) is 38.3 Å². The number of aryl methyl sites for hydroxylation is 2. The Labute approximate surface area is 136 Å². The zero-order valence-corrected chi connectivity index (χ0v) is 13.6. The molecule has 116 valence electrons. The zero-order valence-electron chi connectivity index (χ0n) is 12.9. The van der Waals surface area contributed by atoms with Crippen molar-refractivity contribution < 1.29 is 9.53 Å². The fraction of sp³-hybridized carbons (Fsp3) is 0.278. The van der Waals surface area contributed by atoms with Crippen LogP contribution in [0.1, 0.15) is 16.7 Å². The third-order valence-electron chi connectivity index (χ3n) is 3.14. The Morgan fingerprint density at radius 1 is 1.14 bits per heavy atom. The molecule has 0 saturated heterocycles. The maximum absolute atomic E-state index is 11.8. The minimum atomic E-state index is -0.0358. The van der Waals surface area contributed by atoms with Gasteiger partial charge in [0.05, 0.1) is 13.0 Å². The van der Waals surface area contributed by atoms with Gasteiger partial charge in [0.15, 0.2) is 0 Å². The standard InChI is InChI=1S/C18H20ClNO2/c1-13-8-14(2)10-17(9-13)22-7-6-20-18(21)12-15-4-3-5-16(19)11-15/h3-5,8-11H,6-7,12H2,1-2H3,(H,20,21). The highest BCUT2D eigenvalue weighted by atomic mass is 35.5. The number of amides is 1. The van der Waals surface area contributed by atoms with E-state index in [4.69, 9.17) is 16.3 Å². The lowest BCUT2D eigenvalue weighted by molar-refractivity contribution is -0.120. The van der Waals surface area contributed by atoms with Crippen LogP contribution in [0.15, 0.2) is 42.5 Å². The third kappa shape index (κ3) is 5.41. The Morgan fingerprint density at radius 2 is 1.86 bits per heavy atom. The molecule has 0 fully saturated rings. The molecule has 22 heavy (non-hydrogen) atoms. The van der Waals surface area contributed by atoms with Gasteiger partial charge >= 0.3 is 0 Å². The molecule has 0 unspecified atom stereocenters. The van der Waals surface area contributed by atoms with Crippen LogP contribution in [0.2, 0.25) is 5.02 Å². The summed E-state index contributed by atoms with van der Waals surface area (Å²) in [5, 5.41) is 3.49. The average Bonchev–Trinajstić information content (AvgIpc) is 2.42. The molecule has 0 radical (unpaired) electrons. The first kappa shape index (κ1) is 16.4. The SMILES string of the molecule is Cc1cc(C)cc(OCCNC(=O)Cc2cccc(Cl)c2)c1. The minimum Gasteiger partial charge on any atom is -0.492 e. The predicted molar refractivity (Wildman–Crippen MR) is 89.6 cm³/mol. The number of hydrogen-bond donors (Lipinski definition) is 1. The Bertz CT molecular complexity index is 635. The van der Waals surface area contributed by atoms with Crippen molar-refractivity contribution in [3.05, 3.63) is 64.2 Å². The molecule has 0 heterocycles.